The smallest absolute Gasteiger partial charge is 0.348 e. The molecule has 0 aliphatic carbocycles. The van der Waals surface area contributed by atoms with Gasteiger partial charge in [-0.2, -0.15) is 0 Å². The molecule has 0 saturated carbocycles. The predicted octanol–water partition coefficient (Wildman–Crippen LogP) is 3.66. The molecule has 4 nitrogen and oxygen atoms in total. The zero-order chi connectivity index (χ0) is 18.2. The number of esters is 1. The summed E-state index contributed by atoms with van der Waals surface area (Å²) in [6.45, 7) is 4.17. The van der Waals surface area contributed by atoms with Crippen LogP contribution in [0.3, 0.4) is 0 Å². The Kier molecular flexibility index (Phi) is 7.13. The van der Waals surface area contributed by atoms with Gasteiger partial charge in [0.15, 0.2) is 6.61 Å². The molecule has 0 saturated heterocycles. The van der Waals surface area contributed by atoms with Gasteiger partial charge in [0.25, 0.3) is 5.91 Å². The number of hydrogen-bond acceptors (Lipinski definition) is 4. The number of ether oxygens (including phenoxy) is 1. The third-order valence-corrected chi connectivity index (χ3v) is 4.80. The van der Waals surface area contributed by atoms with Crippen molar-refractivity contribution >= 4 is 23.2 Å². The molecular weight excluding hydrogens is 341 g/mol. The Morgan fingerprint density at radius 2 is 1.92 bits per heavy atom. The highest BCUT2D eigenvalue weighted by atomic mass is 32.1. The van der Waals surface area contributed by atoms with E-state index in [4.69, 9.17) is 4.74 Å². The first kappa shape index (κ1) is 19.1. The van der Waals surface area contributed by atoms with Crippen LogP contribution >= 0.6 is 11.3 Å². The van der Waals surface area contributed by atoms with Crippen LogP contribution in [-0.2, 0) is 22.4 Å². The lowest BCUT2D eigenvalue weighted by Gasteiger charge is -2.06. The van der Waals surface area contributed by atoms with Crippen LogP contribution in [0.1, 0.15) is 39.0 Å². The normalized spacial score (nSPS) is 10.5. The van der Waals surface area contributed by atoms with Crippen molar-refractivity contribution in [3.8, 4) is 0 Å². The van der Waals surface area contributed by atoms with Gasteiger partial charge in [0.05, 0.1) is 0 Å². The average molecular weight is 363 g/mol. The lowest BCUT2D eigenvalue weighted by Crippen LogP contribution is -2.30. The van der Waals surface area contributed by atoms with E-state index in [9.17, 15) is 14.0 Å². The molecule has 0 fully saturated rings. The second kappa shape index (κ2) is 9.32. The zero-order valence-corrected chi connectivity index (χ0v) is 15.2. The first-order chi connectivity index (χ1) is 12.0. The number of hydrogen-bond donors (Lipinski definition) is 1. The van der Waals surface area contributed by atoms with Crippen LogP contribution in [0.5, 0.6) is 0 Å². The van der Waals surface area contributed by atoms with Gasteiger partial charge in [-0.15, -0.1) is 11.3 Å². The lowest BCUT2D eigenvalue weighted by atomic mass is 10.1. The molecule has 0 aliphatic heterocycles. The summed E-state index contributed by atoms with van der Waals surface area (Å²) in [7, 11) is 0. The fourth-order valence-electron chi connectivity index (χ4n) is 2.39. The minimum atomic E-state index is -0.468. The van der Waals surface area contributed by atoms with Gasteiger partial charge in [-0.25, -0.2) is 9.18 Å². The molecule has 25 heavy (non-hydrogen) atoms. The number of amides is 1. The molecule has 0 aliphatic rings. The number of aryl methyl sites for hydroxylation is 2. The Labute approximate surface area is 151 Å². The summed E-state index contributed by atoms with van der Waals surface area (Å²) in [6, 6.07) is 7.96. The summed E-state index contributed by atoms with van der Waals surface area (Å²) in [6.07, 6.45) is 2.53. The highest BCUT2D eigenvalue weighted by Crippen LogP contribution is 2.23. The zero-order valence-electron chi connectivity index (χ0n) is 14.4. The van der Waals surface area contributed by atoms with Crippen molar-refractivity contribution in [1.29, 1.82) is 0 Å². The van der Waals surface area contributed by atoms with Crippen molar-refractivity contribution in [2.75, 3.05) is 13.2 Å². The van der Waals surface area contributed by atoms with E-state index in [1.807, 2.05) is 13.0 Å². The first-order valence-corrected chi connectivity index (χ1v) is 9.08. The van der Waals surface area contributed by atoms with Gasteiger partial charge in [0, 0.05) is 11.4 Å². The fraction of sp³-hybridized carbons (Fsp3) is 0.368. The standard InChI is InChI=1S/C19H22FNO3S/c1-3-4-15-11-17(25-13(15)2)19(23)24-12-18(22)21-10-9-14-5-7-16(20)8-6-14/h5-8,11H,3-4,9-10,12H2,1-2H3,(H,21,22). The SMILES string of the molecule is CCCc1cc(C(=O)OCC(=O)NCCc2ccc(F)cc2)sc1C. The third-order valence-electron chi connectivity index (χ3n) is 3.72. The van der Waals surface area contributed by atoms with Crippen molar-refractivity contribution in [3.05, 3.63) is 57.0 Å². The van der Waals surface area contributed by atoms with E-state index < -0.39 is 5.97 Å². The van der Waals surface area contributed by atoms with Gasteiger partial charge in [0.1, 0.15) is 10.7 Å². The molecular formula is C19H22FNO3S. The predicted molar refractivity (Wildman–Crippen MR) is 96.4 cm³/mol. The minimum absolute atomic E-state index is 0.286. The number of rotatable bonds is 8. The van der Waals surface area contributed by atoms with Gasteiger partial charge < -0.3 is 10.1 Å². The van der Waals surface area contributed by atoms with Crippen LogP contribution in [0.4, 0.5) is 4.39 Å². The van der Waals surface area contributed by atoms with E-state index in [0.29, 0.717) is 17.8 Å². The number of carbonyl (C=O) groups is 2. The van der Waals surface area contributed by atoms with Crippen LogP contribution in [0.25, 0.3) is 0 Å². The van der Waals surface area contributed by atoms with Crippen molar-refractivity contribution in [1.82, 2.24) is 5.32 Å². The van der Waals surface area contributed by atoms with E-state index in [-0.39, 0.29) is 18.3 Å². The second-order valence-electron chi connectivity index (χ2n) is 5.74. The van der Waals surface area contributed by atoms with Crippen molar-refractivity contribution in [2.24, 2.45) is 0 Å². The van der Waals surface area contributed by atoms with Crippen LogP contribution in [-0.4, -0.2) is 25.0 Å². The van der Waals surface area contributed by atoms with Gasteiger partial charge in [-0.1, -0.05) is 25.5 Å². The third kappa shape index (κ3) is 5.98. The summed E-state index contributed by atoms with van der Waals surface area (Å²) < 4.78 is 17.9. The molecule has 2 aromatic rings. The van der Waals surface area contributed by atoms with Gasteiger partial charge in [-0.3, -0.25) is 4.79 Å². The van der Waals surface area contributed by atoms with E-state index in [1.165, 1.54) is 23.5 Å². The number of thiophene rings is 1. The maximum absolute atomic E-state index is 12.8. The van der Waals surface area contributed by atoms with E-state index in [1.54, 1.807) is 12.1 Å². The monoisotopic (exact) mass is 363 g/mol. The van der Waals surface area contributed by atoms with E-state index >= 15 is 0 Å². The van der Waals surface area contributed by atoms with Gasteiger partial charge in [-0.05, 0) is 49.1 Å². The average Bonchev–Trinajstić information content (AvgIpc) is 2.96. The molecule has 1 N–H and O–H groups in total. The Morgan fingerprint density at radius 1 is 1.20 bits per heavy atom. The topological polar surface area (TPSA) is 55.4 Å². The van der Waals surface area contributed by atoms with Crippen molar-refractivity contribution in [2.45, 2.75) is 33.1 Å². The number of carbonyl (C=O) groups excluding carboxylic acids is 2. The van der Waals surface area contributed by atoms with Gasteiger partial charge in [0.2, 0.25) is 0 Å². The summed E-state index contributed by atoms with van der Waals surface area (Å²) in [5.41, 5.74) is 2.08. The van der Waals surface area contributed by atoms with Crippen LogP contribution in [0.15, 0.2) is 30.3 Å². The number of halogens is 1. The molecule has 0 spiro atoms. The Hall–Kier alpha value is -2.21. The number of nitrogens with one attached hydrogen (secondary N) is 1. The summed E-state index contributed by atoms with van der Waals surface area (Å²) >= 11 is 1.39. The summed E-state index contributed by atoms with van der Waals surface area (Å²) in [5, 5.41) is 2.68. The molecule has 0 atom stereocenters. The lowest BCUT2D eigenvalue weighted by molar-refractivity contribution is -0.124. The van der Waals surface area contributed by atoms with Crippen LogP contribution in [0.2, 0.25) is 0 Å². The summed E-state index contributed by atoms with van der Waals surface area (Å²) in [4.78, 5) is 25.4. The fourth-order valence-corrected chi connectivity index (χ4v) is 3.35. The maximum Gasteiger partial charge on any atom is 0.348 e. The first-order valence-electron chi connectivity index (χ1n) is 8.27. The van der Waals surface area contributed by atoms with Crippen molar-refractivity contribution < 1.29 is 18.7 Å². The molecule has 0 bridgehead atoms. The highest BCUT2D eigenvalue weighted by Gasteiger charge is 2.14. The quantitative estimate of drug-likeness (QED) is 0.728. The molecule has 1 heterocycles. The number of benzene rings is 1. The van der Waals surface area contributed by atoms with Crippen molar-refractivity contribution in [3.63, 3.8) is 0 Å². The van der Waals surface area contributed by atoms with Crippen LogP contribution < -0.4 is 5.32 Å². The molecule has 0 unspecified atom stereocenters. The maximum atomic E-state index is 12.8. The minimum Gasteiger partial charge on any atom is -0.451 e. The summed E-state index contributed by atoms with van der Waals surface area (Å²) in [5.74, 6) is -1.10. The molecule has 1 aromatic heterocycles. The van der Waals surface area contributed by atoms with Crippen LogP contribution in [0, 0.1) is 12.7 Å². The van der Waals surface area contributed by atoms with Gasteiger partial charge >= 0.3 is 5.97 Å². The Morgan fingerprint density at radius 3 is 2.60 bits per heavy atom. The van der Waals surface area contributed by atoms with E-state index in [2.05, 4.69) is 12.2 Å². The molecule has 0 radical (unpaired) electrons. The molecule has 6 heteroatoms. The Bertz CT molecular complexity index is 725. The molecule has 2 rings (SSSR count). The molecule has 1 amide bonds. The van der Waals surface area contributed by atoms with E-state index in [0.717, 1.165) is 28.8 Å². The second-order valence-corrected chi connectivity index (χ2v) is 7.00. The Balaban J connectivity index is 1.72. The largest absolute Gasteiger partial charge is 0.451 e. The molecule has 134 valence electrons. The molecule has 1 aromatic carbocycles. The highest BCUT2D eigenvalue weighted by molar-refractivity contribution is 7.14.